The minimum Gasteiger partial charge on any atom is -0.491 e. The lowest BCUT2D eigenvalue weighted by atomic mass is 10.0. The minimum atomic E-state index is -0.0659. The number of carbonyl (C=O) groups is 2. The van der Waals surface area contributed by atoms with Gasteiger partial charge in [-0.15, -0.1) is 0 Å². The molecule has 1 aliphatic heterocycles. The third kappa shape index (κ3) is 3.71. The molecule has 130 valence electrons. The Morgan fingerprint density at radius 2 is 1.79 bits per heavy atom. The van der Waals surface area contributed by atoms with Gasteiger partial charge >= 0.3 is 0 Å². The van der Waals surface area contributed by atoms with E-state index in [0.29, 0.717) is 19.6 Å². The summed E-state index contributed by atoms with van der Waals surface area (Å²) < 4.78 is 5.69. The van der Waals surface area contributed by atoms with Crippen LogP contribution in [0.4, 0.5) is 0 Å². The van der Waals surface area contributed by atoms with E-state index in [2.05, 4.69) is 0 Å². The molecule has 0 unspecified atom stereocenters. The fourth-order valence-electron chi connectivity index (χ4n) is 3.22. The third-order valence-electron chi connectivity index (χ3n) is 4.67. The summed E-state index contributed by atoms with van der Waals surface area (Å²) in [5.74, 6) is 1.33. The average Bonchev–Trinajstić information content (AvgIpc) is 3.38. The summed E-state index contributed by atoms with van der Waals surface area (Å²) in [6, 6.07) is 7.85. The second-order valence-corrected chi connectivity index (χ2v) is 7.02. The van der Waals surface area contributed by atoms with Gasteiger partial charge in [0, 0.05) is 32.5 Å². The minimum absolute atomic E-state index is 0.0659. The second-order valence-electron chi connectivity index (χ2n) is 7.02. The lowest BCUT2D eigenvalue weighted by Crippen LogP contribution is -2.52. The van der Waals surface area contributed by atoms with Crippen LogP contribution in [0.3, 0.4) is 0 Å². The summed E-state index contributed by atoms with van der Waals surface area (Å²) in [4.78, 5) is 28.2. The van der Waals surface area contributed by atoms with Crippen LogP contribution in [0.5, 0.6) is 5.75 Å². The SMILES string of the molecule is CC(=O)N1CCN(C(=O)C2CC2)[C@@H](c2ccc(OC(C)C)cc2)C1. The first-order chi connectivity index (χ1) is 11.5. The van der Waals surface area contributed by atoms with E-state index in [1.165, 1.54) is 0 Å². The Hall–Kier alpha value is -2.04. The zero-order chi connectivity index (χ0) is 17.3. The van der Waals surface area contributed by atoms with E-state index in [9.17, 15) is 9.59 Å². The van der Waals surface area contributed by atoms with Crippen LogP contribution in [-0.4, -0.2) is 47.4 Å². The van der Waals surface area contributed by atoms with E-state index in [1.54, 1.807) is 6.92 Å². The number of hydrogen-bond acceptors (Lipinski definition) is 3. The molecule has 3 rings (SSSR count). The number of hydrogen-bond donors (Lipinski definition) is 0. The smallest absolute Gasteiger partial charge is 0.226 e. The van der Waals surface area contributed by atoms with Gasteiger partial charge in [0.1, 0.15) is 5.75 Å². The molecule has 2 fully saturated rings. The van der Waals surface area contributed by atoms with Crippen molar-refractivity contribution >= 4 is 11.8 Å². The molecular weight excluding hydrogens is 304 g/mol. The molecule has 1 aliphatic carbocycles. The number of carbonyl (C=O) groups excluding carboxylic acids is 2. The quantitative estimate of drug-likeness (QED) is 0.853. The van der Waals surface area contributed by atoms with Gasteiger partial charge in [0.05, 0.1) is 12.1 Å². The number of rotatable bonds is 4. The Kier molecular flexibility index (Phi) is 4.78. The Bertz CT molecular complexity index is 608. The maximum atomic E-state index is 12.6. The fraction of sp³-hybridized carbons (Fsp3) is 0.579. The fourth-order valence-corrected chi connectivity index (χ4v) is 3.22. The Morgan fingerprint density at radius 1 is 1.12 bits per heavy atom. The van der Waals surface area contributed by atoms with Crippen molar-refractivity contribution in [3.8, 4) is 5.75 Å². The number of ether oxygens (including phenoxy) is 1. The van der Waals surface area contributed by atoms with Crippen LogP contribution >= 0.6 is 0 Å². The number of amides is 2. The number of piperazine rings is 1. The normalized spacial score (nSPS) is 21.1. The van der Waals surface area contributed by atoms with Gasteiger partial charge in [-0.2, -0.15) is 0 Å². The Morgan fingerprint density at radius 3 is 2.33 bits per heavy atom. The lowest BCUT2D eigenvalue weighted by molar-refractivity contribution is -0.143. The molecule has 0 radical (unpaired) electrons. The Labute approximate surface area is 143 Å². The molecule has 1 saturated heterocycles. The molecule has 1 aromatic carbocycles. The van der Waals surface area contributed by atoms with Gasteiger partial charge in [0.15, 0.2) is 0 Å². The van der Waals surface area contributed by atoms with Crippen LogP contribution in [0.15, 0.2) is 24.3 Å². The highest BCUT2D eigenvalue weighted by Gasteiger charge is 2.39. The van der Waals surface area contributed by atoms with Crippen molar-refractivity contribution in [2.75, 3.05) is 19.6 Å². The Balaban J connectivity index is 1.81. The molecule has 5 heteroatoms. The molecule has 0 aromatic heterocycles. The summed E-state index contributed by atoms with van der Waals surface area (Å²) in [5, 5.41) is 0. The van der Waals surface area contributed by atoms with Crippen molar-refractivity contribution in [2.45, 2.75) is 45.8 Å². The first-order valence-electron chi connectivity index (χ1n) is 8.78. The van der Waals surface area contributed by atoms with Crippen LogP contribution in [-0.2, 0) is 9.59 Å². The molecule has 0 spiro atoms. The summed E-state index contributed by atoms with van der Waals surface area (Å²) >= 11 is 0. The van der Waals surface area contributed by atoms with Crippen molar-refractivity contribution in [3.05, 3.63) is 29.8 Å². The molecular formula is C19H26N2O3. The van der Waals surface area contributed by atoms with E-state index in [-0.39, 0.29) is 29.9 Å². The largest absolute Gasteiger partial charge is 0.491 e. The van der Waals surface area contributed by atoms with Gasteiger partial charge in [-0.3, -0.25) is 9.59 Å². The van der Waals surface area contributed by atoms with Crippen molar-refractivity contribution in [1.29, 1.82) is 0 Å². The van der Waals surface area contributed by atoms with Gasteiger partial charge < -0.3 is 14.5 Å². The maximum Gasteiger partial charge on any atom is 0.226 e. The van der Waals surface area contributed by atoms with E-state index in [4.69, 9.17) is 4.74 Å². The maximum absolute atomic E-state index is 12.6. The highest BCUT2D eigenvalue weighted by atomic mass is 16.5. The van der Waals surface area contributed by atoms with E-state index < -0.39 is 0 Å². The topological polar surface area (TPSA) is 49.9 Å². The van der Waals surface area contributed by atoms with E-state index in [0.717, 1.165) is 24.2 Å². The monoisotopic (exact) mass is 330 g/mol. The van der Waals surface area contributed by atoms with E-state index >= 15 is 0 Å². The van der Waals surface area contributed by atoms with Gasteiger partial charge in [0.25, 0.3) is 0 Å². The molecule has 24 heavy (non-hydrogen) atoms. The molecule has 0 N–H and O–H groups in total. The zero-order valence-electron chi connectivity index (χ0n) is 14.7. The molecule has 1 saturated carbocycles. The molecule has 1 atom stereocenters. The second kappa shape index (κ2) is 6.83. The summed E-state index contributed by atoms with van der Waals surface area (Å²) in [7, 11) is 0. The van der Waals surface area contributed by atoms with Gasteiger partial charge in [-0.25, -0.2) is 0 Å². The average molecular weight is 330 g/mol. The predicted octanol–water partition coefficient (Wildman–Crippen LogP) is 2.62. The predicted molar refractivity (Wildman–Crippen MR) is 91.6 cm³/mol. The van der Waals surface area contributed by atoms with Crippen LogP contribution in [0.1, 0.15) is 45.2 Å². The van der Waals surface area contributed by atoms with Gasteiger partial charge in [-0.05, 0) is 44.4 Å². The molecule has 0 bridgehead atoms. The third-order valence-corrected chi connectivity index (χ3v) is 4.67. The van der Waals surface area contributed by atoms with Crippen LogP contribution in [0.25, 0.3) is 0 Å². The number of benzene rings is 1. The highest BCUT2D eigenvalue weighted by Crippen LogP contribution is 2.36. The first-order valence-corrected chi connectivity index (χ1v) is 8.78. The van der Waals surface area contributed by atoms with Gasteiger partial charge in [0.2, 0.25) is 11.8 Å². The zero-order valence-corrected chi connectivity index (χ0v) is 14.7. The molecule has 2 amide bonds. The van der Waals surface area contributed by atoms with Crippen LogP contribution in [0, 0.1) is 5.92 Å². The summed E-state index contributed by atoms with van der Waals surface area (Å²) in [5.41, 5.74) is 1.06. The first kappa shape index (κ1) is 16.8. The lowest BCUT2D eigenvalue weighted by Gasteiger charge is -2.41. The van der Waals surface area contributed by atoms with E-state index in [1.807, 2.05) is 47.9 Å². The molecule has 5 nitrogen and oxygen atoms in total. The summed E-state index contributed by atoms with van der Waals surface area (Å²) in [6.07, 6.45) is 2.13. The molecule has 1 heterocycles. The van der Waals surface area contributed by atoms with Gasteiger partial charge in [-0.1, -0.05) is 12.1 Å². The number of nitrogens with zero attached hydrogens (tertiary/aromatic N) is 2. The summed E-state index contributed by atoms with van der Waals surface area (Å²) in [6.45, 7) is 7.39. The molecule has 2 aliphatic rings. The van der Waals surface area contributed by atoms with Crippen LogP contribution in [0.2, 0.25) is 0 Å². The van der Waals surface area contributed by atoms with Crippen LogP contribution < -0.4 is 4.74 Å². The van der Waals surface area contributed by atoms with Crippen molar-refractivity contribution in [1.82, 2.24) is 9.80 Å². The molecule has 1 aromatic rings. The standard InChI is InChI=1S/C19H26N2O3/c1-13(2)24-17-8-6-15(7-9-17)18-12-20(14(3)22)10-11-21(18)19(23)16-4-5-16/h6-9,13,16,18H,4-5,10-12H2,1-3H3/t18-/m1/s1. The van der Waals surface area contributed by atoms with Crippen molar-refractivity contribution in [3.63, 3.8) is 0 Å². The highest BCUT2D eigenvalue weighted by molar-refractivity contribution is 5.82. The van der Waals surface area contributed by atoms with Crippen molar-refractivity contribution < 1.29 is 14.3 Å². The van der Waals surface area contributed by atoms with Crippen molar-refractivity contribution in [2.24, 2.45) is 5.92 Å².